The Hall–Kier alpha value is -0.530. The number of piperidine rings is 1. The van der Waals surface area contributed by atoms with Crippen LogP contribution in [0.1, 0.15) is 57.4 Å². The van der Waals surface area contributed by atoms with Crippen LogP contribution < -0.4 is 5.32 Å². The lowest BCUT2D eigenvalue weighted by Gasteiger charge is -2.45. The molecule has 0 saturated carbocycles. The molecule has 1 fully saturated rings. The van der Waals surface area contributed by atoms with Crippen LogP contribution >= 0.6 is 11.6 Å². The van der Waals surface area contributed by atoms with Gasteiger partial charge < -0.3 is 5.32 Å². The quantitative estimate of drug-likeness (QED) is 0.799. The van der Waals surface area contributed by atoms with Crippen molar-refractivity contribution in [1.82, 2.24) is 5.32 Å². The SMILES string of the molecule is CCCC1(CCC)CCNCC1c1ccccc1Cl. The zero-order valence-electron chi connectivity index (χ0n) is 12.2. The summed E-state index contributed by atoms with van der Waals surface area (Å²) in [7, 11) is 0. The zero-order valence-corrected chi connectivity index (χ0v) is 13.0. The minimum Gasteiger partial charge on any atom is -0.316 e. The van der Waals surface area contributed by atoms with E-state index >= 15 is 0 Å². The lowest BCUT2D eigenvalue weighted by Crippen LogP contribution is -2.43. The van der Waals surface area contributed by atoms with Gasteiger partial charge in [0.05, 0.1) is 0 Å². The molecular formula is C17H26ClN. The molecule has 0 aliphatic carbocycles. The maximum absolute atomic E-state index is 6.46. The smallest absolute Gasteiger partial charge is 0.0441 e. The first kappa shape index (κ1) is 14.9. The molecule has 1 aromatic carbocycles. The Kier molecular flexibility index (Phi) is 5.29. The van der Waals surface area contributed by atoms with Crippen molar-refractivity contribution in [2.24, 2.45) is 5.41 Å². The highest BCUT2D eigenvalue weighted by Gasteiger charge is 2.40. The van der Waals surface area contributed by atoms with E-state index in [9.17, 15) is 0 Å². The van der Waals surface area contributed by atoms with Gasteiger partial charge in [0.25, 0.3) is 0 Å². The molecule has 0 spiro atoms. The van der Waals surface area contributed by atoms with Gasteiger partial charge in [-0.15, -0.1) is 0 Å². The van der Waals surface area contributed by atoms with E-state index < -0.39 is 0 Å². The highest BCUT2D eigenvalue weighted by molar-refractivity contribution is 6.31. The topological polar surface area (TPSA) is 12.0 Å². The molecular weight excluding hydrogens is 254 g/mol. The Labute approximate surface area is 122 Å². The van der Waals surface area contributed by atoms with E-state index in [0.717, 1.165) is 18.1 Å². The van der Waals surface area contributed by atoms with Crippen LogP contribution in [0, 0.1) is 5.41 Å². The van der Waals surface area contributed by atoms with Crippen LogP contribution in [0.15, 0.2) is 24.3 Å². The van der Waals surface area contributed by atoms with Gasteiger partial charge in [0.2, 0.25) is 0 Å². The minimum absolute atomic E-state index is 0.444. The molecule has 1 unspecified atom stereocenters. The van der Waals surface area contributed by atoms with Crippen molar-refractivity contribution in [3.63, 3.8) is 0 Å². The van der Waals surface area contributed by atoms with Crippen molar-refractivity contribution in [3.05, 3.63) is 34.9 Å². The van der Waals surface area contributed by atoms with Gasteiger partial charge in [0.15, 0.2) is 0 Å². The molecule has 1 aromatic rings. The van der Waals surface area contributed by atoms with E-state index in [1.165, 1.54) is 37.7 Å². The van der Waals surface area contributed by atoms with Crippen molar-refractivity contribution in [2.45, 2.75) is 51.9 Å². The molecule has 1 atom stereocenters. The number of rotatable bonds is 5. The fraction of sp³-hybridized carbons (Fsp3) is 0.647. The van der Waals surface area contributed by atoms with Crippen LogP contribution in [0.25, 0.3) is 0 Å². The summed E-state index contributed by atoms with van der Waals surface area (Å²) in [5.74, 6) is 0.565. The largest absolute Gasteiger partial charge is 0.316 e. The molecule has 1 heterocycles. The average Bonchev–Trinajstić information content (AvgIpc) is 2.41. The van der Waals surface area contributed by atoms with Gasteiger partial charge in [0.1, 0.15) is 0 Å². The predicted octanol–water partition coefficient (Wildman–Crippen LogP) is 5.00. The highest BCUT2D eigenvalue weighted by atomic mass is 35.5. The van der Waals surface area contributed by atoms with Gasteiger partial charge in [-0.2, -0.15) is 0 Å². The van der Waals surface area contributed by atoms with E-state index in [4.69, 9.17) is 11.6 Å². The molecule has 1 aliphatic heterocycles. The second-order valence-corrected chi connectivity index (χ2v) is 6.30. The number of benzene rings is 1. The number of hydrogen-bond donors (Lipinski definition) is 1. The molecule has 106 valence electrons. The van der Waals surface area contributed by atoms with Crippen LogP contribution in [0.4, 0.5) is 0 Å². The first-order valence-electron chi connectivity index (χ1n) is 7.68. The molecule has 19 heavy (non-hydrogen) atoms. The number of nitrogens with one attached hydrogen (secondary N) is 1. The predicted molar refractivity (Wildman–Crippen MR) is 83.9 cm³/mol. The Morgan fingerprint density at radius 2 is 1.89 bits per heavy atom. The summed E-state index contributed by atoms with van der Waals surface area (Å²) in [4.78, 5) is 0. The van der Waals surface area contributed by atoms with E-state index in [1.807, 2.05) is 12.1 Å². The standard InChI is InChI=1S/C17H26ClN/c1-3-9-17(10-4-2)11-12-19-13-15(17)14-7-5-6-8-16(14)18/h5-8,15,19H,3-4,9-13H2,1-2H3. The first-order valence-corrected chi connectivity index (χ1v) is 8.06. The molecule has 0 bridgehead atoms. The van der Waals surface area contributed by atoms with Crippen LogP contribution in [-0.2, 0) is 0 Å². The van der Waals surface area contributed by atoms with Crippen LogP contribution in [-0.4, -0.2) is 13.1 Å². The highest BCUT2D eigenvalue weighted by Crippen LogP contribution is 2.49. The summed E-state index contributed by atoms with van der Waals surface area (Å²) in [6.07, 6.45) is 6.45. The van der Waals surface area contributed by atoms with Gasteiger partial charge in [-0.3, -0.25) is 0 Å². The Morgan fingerprint density at radius 3 is 2.53 bits per heavy atom. The normalized spacial score (nSPS) is 22.4. The fourth-order valence-corrected chi connectivity index (χ4v) is 4.16. The summed E-state index contributed by atoms with van der Waals surface area (Å²) >= 11 is 6.46. The number of halogens is 1. The van der Waals surface area contributed by atoms with Gasteiger partial charge in [-0.05, 0) is 42.9 Å². The van der Waals surface area contributed by atoms with Crippen LogP contribution in [0.5, 0.6) is 0 Å². The van der Waals surface area contributed by atoms with Crippen molar-refractivity contribution in [2.75, 3.05) is 13.1 Å². The molecule has 1 aliphatic rings. The van der Waals surface area contributed by atoms with Crippen LogP contribution in [0.3, 0.4) is 0 Å². The third-order valence-electron chi connectivity index (χ3n) is 4.66. The lowest BCUT2D eigenvalue weighted by atomic mass is 9.63. The van der Waals surface area contributed by atoms with E-state index in [0.29, 0.717) is 11.3 Å². The van der Waals surface area contributed by atoms with E-state index in [-0.39, 0.29) is 0 Å². The maximum Gasteiger partial charge on any atom is 0.0441 e. The first-order chi connectivity index (χ1) is 9.23. The molecule has 1 N–H and O–H groups in total. The Bertz CT molecular complexity index is 390. The van der Waals surface area contributed by atoms with Gasteiger partial charge >= 0.3 is 0 Å². The van der Waals surface area contributed by atoms with Gasteiger partial charge in [-0.1, -0.05) is 56.5 Å². The van der Waals surface area contributed by atoms with Crippen molar-refractivity contribution in [1.29, 1.82) is 0 Å². The summed E-state index contributed by atoms with van der Waals surface area (Å²) < 4.78 is 0. The summed E-state index contributed by atoms with van der Waals surface area (Å²) in [6.45, 7) is 6.84. The fourth-order valence-electron chi connectivity index (χ4n) is 3.89. The molecule has 0 aromatic heterocycles. The summed E-state index contributed by atoms with van der Waals surface area (Å²) in [5.41, 5.74) is 1.79. The molecule has 1 saturated heterocycles. The monoisotopic (exact) mass is 279 g/mol. The Morgan fingerprint density at radius 1 is 1.21 bits per heavy atom. The second kappa shape index (κ2) is 6.76. The second-order valence-electron chi connectivity index (χ2n) is 5.89. The van der Waals surface area contributed by atoms with Crippen molar-refractivity contribution in [3.8, 4) is 0 Å². The minimum atomic E-state index is 0.444. The third-order valence-corrected chi connectivity index (χ3v) is 5.01. The maximum atomic E-state index is 6.46. The Balaban J connectivity index is 2.35. The summed E-state index contributed by atoms with van der Waals surface area (Å²) in [6, 6.07) is 8.41. The third kappa shape index (κ3) is 3.14. The van der Waals surface area contributed by atoms with Gasteiger partial charge in [-0.25, -0.2) is 0 Å². The van der Waals surface area contributed by atoms with E-state index in [2.05, 4.69) is 31.3 Å². The molecule has 0 radical (unpaired) electrons. The van der Waals surface area contributed by atoms with Crippen molar-refractivity contribution < 1.29 is 0 Å². The zero-order chi connectivity index (χ0) is 13.7. The van der Waals surface area contributed by atoms with E-state index in [1.54, 1.807) is 0 Å². The lowest BCUT2D eigenvalue weighted by molar-refractivity contribution is 0.130. The molecule has 0 amide bonds. The van der Waals surface area contributed by atoms with Crippen LogP contribution in [0.2, 0.25) is 5.02 Å². The molecule has 1 nitrogen and oxygen atoms in total. The van der Waals surface area contributed by atoms with Gasteiger partial charge in [0, 0.05) is 17.5 Å². The molecule has 2 rings (SSSR count). The molecule has 2 heteroatoms. The number of hydrogen-bond acceptors (Lipinski definition) is 1. The average molecular weight is 280 g/mol. The van der Waals surface area contributed by atoms with Crippen molar-refractivity contribution >= 4 is 11.6 Å². The summed E-state index contributed by atoms with van der Waals surface area (Å²) in [5, 5.41) is 4.51.